The predicted molar refractivity (Wildman–Crippen MR) is 106 cm³/mol. The smallest absolute Gasteiger partial charge is 0.257 e. The van der Waals surface area contributed by atoms with Crippen molar-refractivity contribution in [1.82, 2.24) is 19.8 Å². The van der Waals surface area contributed by atoms with Crippen LogP contribution in [-0.4, -0.2) is 84.2 Å². The van der Waals surface area contributed by atoms with Gasteiger partial charge in [-0.25, -0.2) is 9.97 Å². The van der Waals surface area contributed by atoms with Crippen LogP contribution < -0.4 is 4.90 Å². The average molecular weight is 376 g/mol. The Hall–Kier alpha value is -1.73. The number of likely N-dealkylation sites (tertiary alicyclic amines) is 1. The largest absolute Gasteiger partial charge is 0.396 e. The van der Waals surface area contributed by atoms with E-state index in [9.17, 15) is 9.90 Å². The molecule has 2 aliphatic rings. The molecule has 150 valence electrons. The van der Waals surface area contributed by atoms with E-state index in [0.717, 1.165) is 44.2 Å². The Bertz CT molecular complexity index is 645. The van der Waals surface area contributed by atoms with Gasteiger partial charge in [-0.15, -0.1) is 0 Å². The van der Waals surface area contributed by atoms with E-state index in [1.807, 2.05) is 25.9 Å². The minimum absolute atomic E-state index is 0.0143. The molecule has 0 bridgehead atoms. The van der Waals surface area contributed by atoms with E-state index in [-0.39, 0.29) is 18.4 Å². The monoisotopic (exact) mass is 375 g/mol. The number of aryl methyl sites for hydroxylation is 1. The number of hydrogen-bond acceptors (Lipinski definition) is 6. The summed E-state index contributed by atoms with van der Waals surface area (Å²) < 4.78 is 0. The van der Waals surface area contributed by atoms with Gasteiger partial charge in [-0.05, 0) is 58.5 Å². The minimum Gasteiger partial charge on any atom is -0.396 e. The first-order valence-corrected chi connectivity index (χ1v) is 10.1. The first-order chi connectivity index (χ1) is 13.0. The van der Waals surface area contributed by atoms with Gasteiger partial charge in [-0.2, -0.15) is 0 Å². The van der Waals surface area contributed by atoms with Crippen LogP contribution in [-0.2, 0) is 0 Å². The molecule has 0 radical (unpaired) electrons. The lowest BCUT2D eigenvalue weighted by Crippen LogP contribution is -2.47. The van der Waals surface area contributed by atoms with Crippen LogP contribution in [0.4, 0.5) is 5.95 Å². The molecule has 1 N–H and O–H groups in total. The highest BCUT2D eigenvalue weighted by Gasteiger charge is 2.31. The predicted octanol–water partition coefficient (Wildman–Crippen LogP) is 1.41. The average Bonchev–Trinajstić information content (AvgIpc) is 2.67. The maximum Gasteiger partial charge on any atom is 0.257 e. The van der Waals surface area contributed by atoms with Crippen molar-refractivity contribution in [2.24, 2.45) is 11.8 Å². The van der Waals surface area contributed by atoms with Crippen molar-refractivity contribution in [2.75, 3.05) is 58.3 Å². The summed E-state index contributed by atoms with van der Waals surface area (Å²) in [5, 5.41) is 9.67. The highest BCUT2D eigenvalue weighted by molar-refractivity contribution is 5.95. The van der Waals surface area contributed by atoms with Crippen LogP contribution in [0.2, 0.25) is 0 Å². The number of anilines is 1. The lowest BCUT2D eigenvalue weighted by Gasteiger charge is -2.38. The van der Waals surface area contributed by atoms with Crippen LogP contribution in [0.3, 0.4) is 0 Å². The van der Waals surface area contributed by atoms with Crippen molar-refractivity contribution in [1.29, 1.82) is 0 Å². The van der Waals surface area contributed by atoms with Crippen LogP contribution in [0.15, 0.2) is 6.20 Å². The van der Waals surface area contributed by atoms with E-state index >= 15 is 0 Å². The number of rotatable bonds is 5. The van der Waals surface area contributed by atoms with E-state index in [2.05, 4.69) is 19.8 Å². The maximum atomic E-state index is 13.1. The van der Waals surface area contributed by atoms with Gasteiger partial charge in [0.1, 0.15) is 0 Å². The highest BCUT2D eigenvalue weighted by Crippen LogP contribution is 2.25. The van der Waals surface area contributed by atoms with Gasteiger partial charge < -0.3 is 19.8 Å². The Morgan fingerprint density at radius 3 is 2.56 bits per heavy atom. The molecule has 2 atom stereocenters. The molecule has 0 aliphatic carbocycles. The fourth-order valence-electron chi connectivity index (χ4n) is 4.35. The Morgan fingerprint density at radius 2 is 1.93 bits per heavy atom. The second-order valence-corrected chi connectivity index (χ2v) is 8.34. The van der Waals surface area contributed by atoms with E-state index in [1.165, 1.54) is 19.3 Å². The first-order valence-electron chi connectivity index (χ1n) is 10.1. The van der Waals surface area contributed by atoms with Crippen LogP contribution in [0.1, 0.15) is 41.7 Å². The van der Waals surface area contributed by atoms with E-state index < -0.39 is 0 Å². The Labute approximate surface area is 162 Å². The molecule has 3 rings (SSSR count). The fourth-order valence-corrected chi connectivity index (χ4v) is 4.35. The van der Waals surface area contributed by atoms with Gasteiger partial charge in [0.15, 0.2) is 0 Å². The Kier molecular flexibility index (Phi) is 6.65. The maximum absolute atomic E-state index is 13.1. The molecule has 0 spiro atoms. The van der Waals surface area contributed by atoms with Crippen molar-refractivity contribution in [3.8, 4) is 0 Å². The summed E-state index contributed by atoms with van der Waals surface area (Å²) in [5.41, 5.74) is 1.32. The van der Waals surface area contributed by atoms with Crippen molar-refractivity contribution in [2.45, 2.75) is 32.6 Å². The van der Waals surface area contributed by atoms with Crippen LogP contribution in [0.5, 0.6) is 0 Å². The Balaban J connectivity index is 1.73. The van der Waals surface area contributed by atoms with Gasteiger partial charge in [0.2, 0.25) is 5.95 Å². The normalized spacial score (nSPS) is 23.7. The number of piperidine rings is 2. The van der Waals surface area contributed by atoms with Gasteiger partial charge in [0.05, 0.1) is 11.3 Å². The van der Waals surface area contributed by atoms with Crippen LogP contribution >= 0.6 is 0 Å². The molecule has 2 saturated heterocycles. The topological polar surface area (TPSA) is 72.8 Å². The molecule has 0 unspecified atom stereocenters. The summed E-state index contributed by atoms with van der Waals surface area (Å²) in [5.74, 6) is 1.24. The lowest BCUT2D eigenvalue weighted by molar-refractivity contribution is 0.0476. The van der Waals surface area contributed by atoms with Gasteiger partial charge in [0.25, 0.3) is 5.91 Å². The number of aliphatic hydroxyl groups is 1. The van der Waals surface area contributed by atoms with E-state index in [0.29, 0.717) is 18.0 Å². The standard InChI is InChI=1S/C20H33N5O2/c1-15-18(10-21-20(22-15)24-7-5-4-6-8-24)19(27)25-12-16(11-23(2)3)9-17(13-25)14-26/h10,16-17,26H,4-9,11-14H2,1-3H3/t16-,17+/m1/s1. The van der Waals surface area contributed by atoms with Gasteiger partial charge in [0, 0.05) is 45.5 Å². The highest BCUT2D eigenvalue weighted by atomic mass is 16.3. The second-order valence-electron chi connectivity index (χ2n) is 8.34. The molecule has 0 saturated carbocycles. The molecule has 27 heavy (non-hydrogen) atoms. The van der Waals surface area contributed by atoms with Gasteiger partial charge in [-0.3, -0.25) is 4.79 Å². The third-order valence-corrected chi connectivity index (χ3v) is 5.63. The van der Waals surface area contributed by atoms with Gasteiger partial charge >= 0.3 is 0 Å². The number of aliphatic hydroxyl groups excluding tert-OH is 1. The lowest BCUT2D eigenvalue weighted by atomic mass is 9.89. The summed E-state index contributed by atoms with van der Waals surface area (Å²) in [6, 6.07) is 0. The van der Waals surface area contributed by atoms with Crippen molar-refractivity contribution in [3.63, 3.8) is 0 Å². The van der Waals surface area contributed by atoms with Crippen molar-refractivity contribution < 1.29 is 9.90 Å². The molecule has 1 amide bonds. The van der Waals surface area contributed by atoms with Gasteiger partial charge in [-0.1, -0.05) is 0 Å². The number of amides is 1. The molecule has 2 aliphatic heterocycles. The molecular formula is C20H33N5O2. The molecule has 1 aromatic heterocycles. The molecule has 2 fully saturated rings. The van der Waals surface area contributed by atoms with Crippen LogP contribution in [0, 0.1) is 18.8 Å². The van der Waals surface area contributed by atoms with E-state index in [1.54, 1.807) is 6.20 Å². The summed E-state index contributed by atoms with van der Waals surface area (Å²) in [7, 11) is 4.10. The Morgan fingerprint density at radius 1 is 1.22 bits per heavy atom. The zero-order valence-electron chi connectivity index (χ0n) is 16.9. The quantitative estimate of drug-likeness (QED) is 0.839. The number of hydrogen-bond donors (Lipinski definition) is 1. The fraction of sp³-hybridized carbons (Fsp3) is 0.750. The minimum atomic E-state index is -0.0143. The molecule has 7 heteroatoms. The summed E-state index contributed by atoms with van der Waals surface area (Å²) in [6.45, 7) is 6.24. The first kappa shape index (κ1) is 20.0. The van der Waals surface area contributed by atoms with E-state index in [4.69, 9.17) is 0 Å². The third kappa shape index (κ3) is 4.96. The SMILES string of the molecule is Cc1nc(N2CCCCC2)ncc1C(=O)N1C[C@@H](CN(C)C)C[C@H](CO)C1. The zero-order valence-corrected chi connectivity index (χ0v) is 16.9. The molecule has 0 aromatic carbocycles. The third-order valence-electron chi connectivity index (χ3n) is 5.63. The summed E-state index contributed by atoms with van der Waals surface area (Å²) in [6.07, 6.45) is 6.26. The van der Waals surface area contributed by atoms with Crippen molar-refractivity contribution >= 4 is 11.9 Å². The molecular weight excluding hydrogens is 342 g/mol. The number of carbonyl (C=O) groups excluding carboxylic acids is 1. The summed E-state index contributed by atoms with van der Waals surface area (Å²) in [4.78, 5) is 28.5. The zero-order chi connectivity index (χ0) is 19.4. The van der Waals surface area contributed by atoms with Crippen molar-refractivity contribution in [3.05, 3.63) is 17.5 Å². The second kappa shape index (κ2) is 8.97. The number of aromatic nitrogens is 2. The van der Waals surface area contributed by atoms with Crippen LogP contribution in [0.25, 0.3) is 0 Å². The number of carbonyl (C=O) groups is 1. The number of nitrogens with zero attached hydrogens (tertiary/aromatic N) is 5. The molecule has 3 heterocycles. The summed E-state index contributed by atoms with van der Waals surface area (Å²) >= 11 is 0. The molecule has 1 aromatic rings. The molecule has 7 nitrogen and oxygen atoms in total.